The summed E-state index contributed by atoms with van der Waals surface area (Å²) in [6, 6.07) is 17.4. The van der Waals surface area contributed by atoms with E-state index in [2.05, 4.69) is 10.3 Å². The van der Waals surface area contributed by atoms with E-state index in [-0.39, 0.29) is 11.8 Å². The van der Waals surface area contributed by atoms with Crippen molar-refractivity contribution in [3.63, 3.8) is 0 Å². The largest absolute Gasteiger partial charge is 0.493 e. The number of ether oxygens (including phenoxy) is 3. The molecule has 4 aromatic rings. The van der Waals surface area contributed by atoms with Gasteiger partial charge in [-0.15, -0.1) is 0 Å². The van der Waals surface area contributed by atoms with Crippen LogP contribution in [-0.4, -0.2) is 25.1 Å². The number of anilines is 1. The van der Waals surface area contributed by atoms with Gasteiger partial charge in [-0.3, -0.25) is 9.78 Å². The Morgan fingerprint density at radius 2 is 1.68 bits per heavy atom. The maximum Gasteiger partial charge on any atom is 0.227 e. The van der Waals surface area contributed by atoms with E-state index >= 15 is 0 Å². The van der Waals surface area contributed by atoms with Gasteiger partial charge in [0.05, 0.1) is 19.7 Å². The Labute approximate surface area is 198 Å². The van der Waals surface area contributed by atoms with Crippen LogP contribution < -0.4 is 19.5 Å². The van der Waals surface area contributed by atoms with Crippen molar-refractivity contribution in [1.82, 2.24) is 4.98 Å². The van der Waals surface area contributed by atoms with Crippen molar-refractivity contribution in [3.8, 4) is 23.0 Å². The van der Waals surface area contributed by atoms with Crippen molar-refractivity contribution in [2.45, 2.75) is 32.1 Å². The molecule has 0 unspecified atom stereocenters. The van der Waals surface area contributed by atoms with Gasteiger partial charge in [-0.05, 0) is 54.6 Å². The maximum absolute atomic E-state index is 12.8. The number of nitrogens with one attached hydrogen (secondary N) is 1. The predicted octanol–water partition coefficient (Wildman–Crippen LogP) is 6.72. The van der Waals surface area contributed by atoms with Crippen LogP contribution in [0, 0.1) is 5.92 Å². The highest BCUT2D eigenvalue weighted by molar-refractivity contribution is 6.03. The summed E-state index contributed by atoms with van der Waals surface area (Å²) in [5.41, 5.74) is 1.59. The number of hydrogen-bond acceptors (Lipinski definition) is 5. The molecule has 1 fully saturated rings. The first-order valence-electron chi connectivity index (χ1n) is 11.7. The zero-order valence-electron chi connectivity index (χ0n) is 19.5. The van der Waals surface area contributed by atoms with Crippen molar-refractivity contribution in [2.75, 3.05) is 19.5 Å². The Balaban J connectivity index is 1.43. The fourth-order valence-corrected chi connectivity index (χ4v) is 4.70. The fraction of sp³-hybridized carbons (Fsp3) is 0.286. The first kappa shape index (κ1) is 22.0. The second-order valence-electron chi connectivity index (χ2n) is 8.65. The van der Waals surface area contributed by atoms with Crippen LogP contribution in [0.5, 0.6) is 23.0 Å². The molecule has 1 N–H and O–H groups in total. The molecule has 1 aliphatic carbocycles. The molecule has 0 saturated heterocycles. The molecular weight excluding hydrogens is 428 g/mol. The quantitative estimate of drug-likeness (QED) is 0.349. The van der Waals surface area contributed by atoms with Gasteiger partial charge in [-0.1, -0.05) is 31.4 Å². The minimum atomic E-state index is 0.113. The Morgan fingerprint density at radius 1 is 0.882 bits per heavy atom. The molecule has 1 heterocycles. The van der Waals surface area contributed by atoms with Crippen LogP contribution in [0.25, 0.3) is 21.7 Å². The minimum absolute atomic E-state index is 0.113. The lowest BCUT2D eigenvalue weighted by molar-refractivity contribution is -0.120. The fourth-order valence-electron chi connectivity index (χ4n) is 4.70. The van der Waals surface area contributed by atoms with E-state index in [4.69, 9.17) is 14.2 Å². The summed E-state index contributed by atoms with van der Waals surface area (Å²) in [6.07, 6.45) is 7.17. The Morgan fingerprint density at radius 3 is 2.47 bits per heavy atom. The second kappa shape index (κ2) is 9.59. The molecule has 3 aromatic carbocycles. The smallest absolute Gasteiger partial charge is 0.227 e. The highest BCUT2D eigenvalue weighted by Gasteiger charge is 2.21. The number of fused-ring (bicyclic) bond motifs is 2. The van der Waals surface area contributed by atoms with Crippen LogP contribution in [0.15, 0.2) is 60.8 Å². The van der Waals surface area contributed by atoms with Gasteiger partial charge in [0.15, 0.2) is 11.5 Å². The third kappa shape index (κ3) is 4.36. The van der Waals surface area contributed by atoms with Crippen molar-refractivity contribution in [3.05, 3.63) is 60.8 Å². The van der Waals surface area contributed by atoms with Crippen LogP contribution in [0.3, 0.4) is 0 Å². The molecule has 174 valence electrons. The Kier molecular flexibility index (Phi) is 6.21. The molecule has 0 aliphatic heterocycles. The van der Waals surface area contributed by atoms with E-state index < -0.39 is 0 Å². The first-order valence-corrected chi connectivity index (χ1v) is 11.7. The van der Waals surface area contributed by atoms with E-state index in [9.17, 15) is 4.79 Å². The van der Waals surface area contributed by atoms with E-state index in [1.165, 1.54) is 6.42 Å². The van der Waals surface area contributed by atoms with Crippen LogP contribution in [0.1, 0.15) is 32.1 Å². The molecule has 6 nitrogen and oxygen atoms in total. The first-order chi connectivity index (χ1) is 16.7. The number of aromatic nitrogens is 1. The van der Waals surface area contributed by atoms with Gasteiger partial charge < -0.3 is 19.5 Å². The monoisotopic (exact) mass is 456 g/mol. The number of nitrogens with zero attached hydrogens (tertiary/aromatic N) is 1. The Bertz CT molecular complexity index is 1350. The minimum Gasteiger partial charge on any atom is -0.493 e. The molecule has 5 rings (SSSR count). The molecule has 0 radical (unpaired) electrons. The lowest BCUT2D eigenvalue weighted by Gasteiger charge is -2.21. The lowest BCUT2D eigenvalue weighted by atomic mass is 9.88. The second-order valence-corrected chi connectivity index (χ2v) is 8.65. The number of hydrogen-bond donors (Lipinski definition) is 1. The summed E-state index contributed by atoms with van der Waals surface area (Å²) < 4.78 is 17.1. The molecule has 1 saturated carbocycles. The number of carbonyl (C=O) groups is 1. The van der Waals surface area contributed by atoms with Gasteiger partial charge in [0, 0.05) is 34.6 Å². The summed E-state index contributed by atoms with van der Waals surface area (Å²) in [5.74, 6) is 2.85. The molecule has 1 amide bonds. The molecular formula is C28H28N2O4. The number of amides is 1. The van der Waals surface area contributed by atoms with Crippen LogP contribution in [-0.2, 0) is 4.79 Å². The third-order valence-corrected chi connectivity index (χ3v) is 6.52. The SMILES string of the molecule is COc1cc2nccc(Oc3ccc4c(NC(=O)C5CCCCC5)cccc4c3)c2cc1OC. The van der Waals surface area contributed by atoms with Gasteiger partial charge in [0.25, 0.3) is 0 Å². The predicted molar refractivity (Wildman–Crippen MR) is 134 cm³/mol. The van der Waals surface area contributed by atoms with E-state index in [1.54, 1.807) is 20.4 Å². The van der Waals surface area contributed by atoms with Crippen LogP contribution in [0.4, 0.5) is 5.69 Å². The number of benzene rings is 3. The average molecular weight is 457 g/mol. The molecule has 1 aliphatic rings. The molecule has 0 atom stereocenters. The highest BCUT2D eigenvalue weighted by atomic mass is 16.5. The van der Waals surface area contributed by atoms with Crippen molar-refractivity contribution in [1.29, 1.82) is 0 Å². The summed E-state index contributed by atoms with van der Waals surface area (Å²) in [7, 11) is 3.21. The standard InChI is InChI=1S/C28H28N2O4/c1-32-26-16-22-24(17-27(26)33-2)29-14-13-25(22)34-20-11-12-21-19(15-20)9-6-10-23(21)30-28(31)18-7-4-3-5-8-18/h6,9-18H,3-5,7-8H2,1-2H3,(H,30,31). The number of pyridine rings is 1. The van der Waals surface area contributed by atoms with E-state index in [1.807, 2.05) is 54.6 Å². The molecule has 1 aromatic heterocycles. The van der Waals surface area contributed by atoms with Gasteiger partial charge >= 0.3 is 0 Å². The Hall–Kier alpha value is -3.80. The summed E-state index contributed by atoms with van der Waals surface area (Å²) in [5, 5.41) is 5.97. The number of methoxy groups -OCH3 is 2. The van der Waals surface area contributed by atoms with Crippen LogP contribution >= 0.6 is 0 Å². The van der Waals surface area contributed by atoms with Crippen molar-refractivity contribution < 1.29 is 19.0 Å². The maximum atomic E-state index is 12.8. The zero-order valence-corrected chi connectivity index (χ0v) is 19.5. The van der Waals surface area contributed by atoms with Crippen molar-refractivity contribution in [2.24, 2.45) is 5.92 Å². The van der Waals surface area contributed by atoms with E-state index in [0.29, 0.717) is 23.0 Å². The van der Waals surface area contributed by atoms with Gasteiger partial charge in [0.2, 0.25) is 5.91 Å². The summed E-state index contributed by atoms with van der Waals surface area (Å²) >= 11 is 0. The van der Waals surface area contributed by atoms with Gasteiger partial charge in [-0.2, -0.15) is 0 Å². The third-order valence-electron chi connectivity index (χ3n) is 6.52. The number of rotatable bonds is 6. The van der Waals surface area contributed by atoms with Crippen molar-refractivity contribution >= 4 is 33.3 Å². The molecule has 0 bridgehead atoms. The summed E-state index contributed by atoms with van der Waals surface area (Å²) in [6.45, 7) is 0. The van der Waals surface area contributed by atoms with Crippen LogP contribution in [0.2, 0.25) is 0 Å². The van der Waals surface area contributed by atoms with Gasteiger partial charge in [-0.25, -0.2) is 0 Å². The lowest BCUT2D eigenvalue weighted by Crippen LogP contribution is -2.24. The number of carbonyl (C=O) groups excluding carboxylic acids is 1. The molecule has 0 spiro atoms. The average Bonchev–Trinajstić information content (AvgIpc) is 2.88. The van der Waals surface area contributed by atoms with Gasteiger partial charge in [0.1, 0.15) is 11.5 Å². The topological polar surface area (TPSA) is 69.7 Å². The molecule has 6 heteroatoms. The molecule has 34 heavy (non-hydrogen) atoms. The highest BCUT2D eigenvalue weighted by Crippen LogP contribution is 2.38. The summed E-state index contributed by atoms with van der Waals surface area (Å²) in [4.78, 5) is 17.2. The van der Waals surface area contributed by atoms with E-state index in [0.717, 1.165) is 53.0 Å². The normalized spacial score (nSPS) is 14.2. The zero-order chi connectivity index (χ0) is 23.5.